The van der Waals surface area contributed by atoms with Crippen LogP contribution in [0.3, 0.4) is 0 Å². The second-order valence-corrected chi connectivity index (χ2v) is 6.57. The number of amides is 1. The molecule has 0 atom stereocenters. The van der Waals surface area contributed by atoms with Gasteiger partial charge < -0.3 is 24.3 Å². The maximum absolute atomic E-state index is 12.6. The second kappa shape index (κ2) is 10.8. The fourth-order valence-electron chi connectivity index (χ4n) is 2.90. The van der Waals surface area contributed by atoms with Gasteiger partial charge in [0.2, 0.25) is 5.69 Å². The lowest BCUT2D eigenvalue weighted by Crippen LogP contribution is -2.27. The van der Waals surface area contributed by atoms with Crippen molar-refractivity contribution in [1.82, 2.24) is 9.78 Å². The smallest absolute Gasteiger partial charge is 0.362 e. The molecule has 33 heavy (non-hydrogen) atoms. The van der Waals surface area contributed by atoms with Crippen LogP contribution >= 0.6 is 0 Å². The molecule has 1 amide bonds. The number of benzene rings is 2. The molecule has 0 saturated heterocycles. The molecule has 0 bridgehead atoms. The number of aromatic nitrogens is 2. The van der Waals surface area contributed by atoms with E-state index in [0.29, 0.717) is 22.9 Å². The van der Waals surface area contributed by atoms with Gasteiger partial charge in [-0.3, -0.25) is 9.59 Å². The molecule has 1 aromatic heterocycles. The molecule has 0 aliphatic rings. The Morgan fingerprint density at radius 2 is 1.70 bits per heavy atom. The van der Waals surface area contributed by atoms with Crippen LogP contribution < -0.4 is 25.1 Å². The number of ether oxygens (including phenoxy) is 4. The van der Waals surface area contributed by atoms with Crippen LogP contribution in [0.15, 0.2) is 59.4 Å². The first-order chi connectivity index (χ1) is 16.0. The maximum atomic E-state index is 12.6. The van der Waals surface area contributed by atoms with Crippen molar-refractivity contribution in [3.8, 4) is 22.9 Å². The Morgan fingerprint density at radius 3 is 2.36 bits per heavy atom. The van der Waals surface area contributed by atoms with Crippen molar-refractivity contribution in [2.45, 2.75) is 6.92 Å². The average molecular weight is 453 g/mol. The Hall–Kier alpha value is -4.34. The summed E-state index contributed by atoms with van der Waals surface area (Å²) in [4.78, 5) is 37.4. The summed E-state index contributed by atoms with van der Waals surface area (Å²) >= 11 is 0. The van der Waals surface area contributed by atoms with E-state index in [2.05, 4.69) is 10.4 Å². The zero-order valence-electron chi connectivity index (χ0n) is 18.4. The molecule has 3 aromatic rings. The summed E-state index contributed by atoms with van der Waals surface area (Å²) in [5.41, 5.74) is 0.152. The summed E-state index contributed by atoms with van der Waals surface area (Å²) in [5, 5.41) is 6.75. The van der Waals surface area contributed by atoms with Gasteiger partial charge in [0, 0.05) is 11.8 Å². The molecule has 10 nitrogen and oxygen atoms in total. The summed E-state index contributed by atoms with van der Waals surface area (Å²) in [6.45, 7) is 1.27. The van der Waals surface area contributed by atoms with Gasteiger partial charge in [-0.25, -0.2) is 4.79 Å². The molecule has 1 heterocycles. The number of nitrogens with one attached hydrogen (secondary N) is 1. The first kappa shape index (κ1) is 23.3. The van der Waals surface area contributed by atoms with E-state index in [1.165, 1.54) is 14.2 Å². The summed E-state index contributed by atoms with van der Waals surface area (Å²) in [7, 11) is 2.98. The third-order valence-electron chi connectivity index (χ3n) is 4.39. The third kappa shape index (κ3) is 5.67. The van der Waals surface area contributed by atoms with Crippen molar-refractivity contribution < 1.29 is 28.5 Å². The van der Waals surface area contributed by atoms with Crippen LogP contribution in [0.2, 0.25) is 0 Å². The molecule has 10 heteroatoms. The second-order valence-electron chi connectivity index (χ2n) is 6.57. The Labute approximate surface area is 189 Å². The van der Waals surface area contributed by atoms with Gasteiger partial charge >= 0.3 is 5.97 Å². The molecule has 0 saturated carbocycles. The largest absolute Gasteiger partial charge is 0.493 e. The lowest BCUT2D eigenvalue weighted by Gasteiger charge is -2.13. The number of rotatable bonds is 9. The SMILES string of the molecule is CCOC(=O)c1nn(-c2ccccc2)c(=O)cc1OCC(=O)Nc1ccc(OC)c(OC)c1. The minimum atomic E-state index is -0.780. The van der Waals surface area contributed by atoms with Crippen LogP contribution in [-0.2, 0) is 9.53 Å². The van der Waals surface area contributed by atoms with Crippen LogP contribution in [-0.4, -0.2) is 49.1 Å². The zero-order chi connectivity index (χ0) is 23.8. The van der Waals surface area contributed by atoms with Gasteiger partial charge in [-0.1, -0.05) is 18.2 Å². The summed E-state index contributed by atoms with van der Waals surface area (Å²) in [6.07, 6.45) is 0. The van der Waals surface area contributed by atoms with E-state index in [1.54, 1.807) is 55.5 Å². The Bertz CT molecular complexity index is 1190. The molecule has 1 N–H and O–H groups in total. The number of para-hydroxylation sites is 1. The van der Waals surface area contributed by atoms with Crippen LogP contribution in [0, 0.1) is 0 Å². The first-order valence-corrected chi connectivity index (χ1v) is 9.98. The Balaban J connectivity index is 1.81. The quantitative estimate of drug-likeness (QED) is 0.491. The molecule has 0 aliphatic heterocycles. The summed E-state index contributed by atoms with van der Waals surface area (Å²) in [6, 6.07) is 14.5. The number of hydrogen-bond donors (Lipinski definition) is 1. The van der Waals surface area contributed by atoms with E-state index in [1.807, 2.05) is 0 Å². The van der Waals surface area contributed by atoms with Crippen LogP contribution in [0.5, 0.6) is 17.2 Å². The number of nitrogens with zero attached hydrogens (tertiary/aromatic N) is 2. The summed E-state index contributed by atoms with van der Waals surface area (Å²) in [5.74, 6) is -0.514. The summed E-state index contributed by atoms with van der Waals surface area (Å²) < 4.78 is 21.9. The number of hydrogen-bond acceptors (Lipinski definition) is 8. The lowest BCUT2D eigenvalue weighted by atomic mass is 10.2. The molecular formula is C23H23N3O7. The van der Waals surface area contributed by atoms with E-state index in [-0.39, 0.29) is 18.1 Å². The van der Waals surface area contributed by atoms with E-state index in [0.717, 1.165) is 10.7 Å². The van der Waals surface area contributed by atoms with Gasteiger partial charge in [-0.2, -0.15) is 9.78 Å². The number of anilines is 1. The molecule has 0 radical (unpaired) electrons. The van der Waals surface area contributed by atoms with Crippen LogP contribution in [0.4, 0.5) is 5.69 Å². The molecule has 172 valence electrons. The van der Waals surface area contributed by atoms with Gasteiger partial charge in [0.05, 0.1) is 32.6 Å². The zero-order valence-corrected chi connectivity index (χ0v) is 18.4. The predicted octanol–water partition coefficient (Wildman–Crippen LogP) is 2.44. The fraction of sp³-hybridized carbons (Fsp3) is 0.217. The van der Waals surface area contributed by atoms with Crippen LogP contribution in [0.1, 0.15) is 17.4 Å². The molecule has 0 fully saturated rings. The highest BCUT2D eigenvalue weighted by Crippen LogP contribution is 2.29. The van der Waals surface area contributed by atoms with Crippen molar-refractivity contribution in [3.05, 3.63) is 70.6 Å². The monoisotopic (exact) mass is 453 g/mol. The highest BCUT2D eigenvalue weighted by atomic mass is 16.5. The number of carbonyl (C=O) groups is 2. The van der Waals surface area contributed by atoms with E-state index < -0.39 is 24.0 Å². The van der Waals surface area contributed by atoms with Gasteiger partial charge in [0.15, 0.2) is 23.9 Å². The third-order valence-corrected chi connectivity index (χ3v) is 4.39. The Kier molecular flexibility index (Phi) is 7.64. The number of methoxy groups -OCH3 is 2. The van der Waals surface area contributed by atoms with Gasteiger partial charge in [0.1, 0.15) is 0 Å². The van der Waals surface area contributed by atoms with Gasteiger partial charge in [0.25, 0.3) is 11.5 Å². The van der Waals surface area contributed by atoms with Crippen molar-refractivity contribution >= 4 is 17.6 Å². The minimum Gasteiger partial charge on any atom is -0.493 e. The lowest BCUT2D eigenvalue weighted by molar-refractivity contribution is -0.118. The normalized spacial score (nSPS) is 10.3. The maximum Gasteiger partial charge on any atom is 0.362 e. The molecule has 0 spiro atoms. The molecular weight excluding hydrogens is 430 g/mol. The van der Waals surface area contributed by atoms with Crippen molar-refractivity contribution in [2.24, 2.45) is 0 Å². The first-order valence-electron chi connectivity index (χ1n) is 9.98. The van der Waals surface area contributed by atoms with Crippen LogP contribution in [0.25, 0.3) is 5.69 Å². The predicted molar refractivity (Wildman–Crippen MR) is 119 cm³/mol. The van der Waals surface area contributed by atoms with Gasteiger partial charge in [-0.15, -0.1) is 0 Å². The number of esters is 1. The van der Waals surface area contributed by atoms with Gasteiger partial charge in [-0.05, 0) is 31.2 Å². The van der Waals surface area contributed by atoms with E-state index in [4.69, 9.17) is 18.9 Å². The molecule has 0 unspecified atom stereocenters. The standard InChI is InChI=1S/C23H23N3O7/c1-4-32-23(29)22-19(13-21(28)26(25-22)16-8-6-5-7-9-16)33-14-20(27)24-15-10-11-17(30-2)18(12-15)31-3/h5-13H,4,14H2,1-3H3,(H,24,27). The van der Waals surface area contributed by atoms with E-state index >= 15 is 0 Å². The highest BCUT2D eigenvalue weighted by molar-refractivity contribution is 5.93. The molecule has 2 aromatic carbocycles. The average Bonchev–Trinajstić information content (AvgIpc) is 2.83. The molecule has 0 aliphatic carbocycles. The topological polar surface area (TPSA) is 118 Å². The van der Waals surface area contributed by atoms with Crippen molar-refractivity contribution in [3.63, 3.8) is 0 Å². The van der Waals surface area contributed by atoms with E-state index in [9.17, 15) is 14.4 Å². The van der Waals surface area contributed by atoms with Crippen molar-refractivity contribution in [2.75, 3.05) is 32.8 Å². The minimum absolute atomic E-state index is 0.101. The molecule has 3 rings (SSSR count). The highest BCUT2D eigenvalue weighted by Gasteiger charge is 2.20. The Morgan fingerprint density at radius 1 is 0.970 bits per heavy atom. The fourth-order valence-corrected chi connectivity index (χ4v) is 2.90. The van der Waals surface area contributed by atoms with Crippen molar-refractivity contribution in [1.29, 1.82) is 0 Å². The number of carbonyl (C=O) groups excluding carboxylic acids is 2.